The van der Waals surface area contributed by atoms with Crippen molar-refractivity contribution in [2.24, 2.45) is 0 Å². The molecule has 7 heteroatoms. The highest BCUT2D eigenvalue weighted by Crippen LogP contribution is 2.19. The molecule has 3 amide bonds. The van der Waals surface area contributed by atoms with E-state index in [2.05, 4.69) is 10.6 Å². The van der Waals surface area contributed by atoms with E-state index in [1.54, 1.807) is 49.5 Å². The van der Waals surface area contributed by atoms with Crippen LogP contribution in [0.15, 0.2) is 42.5 Å². The Morgan fingerprint density at radius 3 is 2.23 bits per heavy atom. The van der Waals surface area contributed by atoms with Crippen molar-refractivity contribution in [3.05, 3.63) is 59.2 Å². The molecule has 0 atom stereocenters. The van der Waals surface area contributed by atoms with Gasteiger partial charge in [0.15, 0.2) is 6.61 Å². The van der Waals surface area contributed by atoms with Crippen molar-refractivity contribution in [1.82, 2.24) is 10.2 Å². The molecule has 1 fully saturated rings. The van der Waals surface area contributed by atoms with Gasteiger partial charge in [0, 0.05) is 37.0 Å². The van der Waals surface area contributed by atoms with Crippen LogP contribution < -0.4 is 15.4 Å². The minimum Gasteiger partial charge on any atom is -0.484 e. The first-order valence-corrected chi connectivity index (χ1v) is 10.1. The third-order valence-corrected chi connectivity index (χ3v) is 5.15. The smallest absolute Gasteiger partial charge is 0.260 e. The summed E-state index contributed by atoms with van der Waals surface area (Å²) in [5.74, 6) is 0.0993. The first-order valence-electron chi connectivity index (χ1n) is 10.1. The zero-order valence-corrected chi connectivity index (χ0v) is 17.4. The summed E-state index contributed by atoms with van der Waals surface area (Å²) in [4.78, 5) is 38.3. The van der Waals surface area contributed by atoms with Crippen molar-refractivity contribution < 1.29 is 19.1 Å². The molecular weight excluding hydrogens is 382 g/mol. The van der Waals surface area contributed by atoms with Gasteiger partial charge in [0.1, 0.15) is 5.75 Å². The molecule has 0 saturated carbocycles. The Bertz CT molecular complexity index is 919. The molecule has 2 aromatic rings. The summed E-state index contributed by atoms with van der Waals surface area (Å²) >= 11 is 0. The number of piperidine rings is 1. The first-order chi connectivity index (χ1) is 14.5. The molecule has 1 heterocycles. The molecule has 0 aliphatic carbocycles. The Morgan fingerprint density at radius 1 is 0.933 bits per heavy atom. The molecule has 158 valence electrons. The maximum absolute atomic E-state index is 12.5. The average Bonchev–Trinajstić information content (AvgIpc) is 2.79. The number of nitrogens with zero attached hydrogens (tertiary/aromatic N) is 1. The van der Waals surface area contributed by atoms with Crippen molar-refractivity contribution in [2.45, 2.75) is 26.2 Å². The van der Waals surface area contributed by atoms with Gasteiger partial charge in [-0.3, -0.25) is 14.4 Å². The largest absolute Gasteiger partial charge is 0.484 e. The molecule has 1 saturated heterocycles. The molecule has 0 aromatic heterocycles. The van der Waals surface area contributed by atoms with Crippen LogP contribution in [0.2, 0.25) is 0 Å². The van der Waals surface area contributed by atoms with Crippen molar-refractivity contribution in [1.29, 1.82) is 0 Å². The topological polar surface area (TPSA) is 87.7 Å². The number of ether oxygens (including phenoxy) is 1. The van der Waals surface area contributed by atoms with E-state index in [1.165, 1.54) is 6.42 Å². The van der Waals surface area contributed by atoms with Crippen molar-refractivity contribution in [3.8, 4) is 5.75 Å². The van der Waals surface area contributed by atoms with Gasteiger partial charge in [0.05, 0.1) is 0 Å². The first kappa shape index (κ1) is 21.4. The van der Waals surface area contributed by atoms with Crippen LogP contribution in [0.4, 0.5) is 5.69 Å². The fourth-order valence-electron chi connectivity index (χ4n) is 3.37. The molecule has 2 aromatic carbocycles. The van der Waals surface area contributed by atoms with Crippen molar-refractivity contribution in [3.63, 3.8) is 0 Å². The van der Waals surface area contributed by atoms with Gasteiger partial charge < -0.3 is 20.3 Å². The zero-order valence-electron chi connectivity index (χ0n) is 17.4. The second kappa shape index (κ2) is 9.91. The summed E-state index contributed by atoms with van der Waals surface area (Å²) in [6.07, 6.45) is 3.26. The predicted molar refractivity (Wildman–Crippen MR) is 115 cm³/mol. The summed E-state index contributed by atoms with van der Waals surface area (Å²) < 4.78 is 5.58. The number of anilines is 1. The lowest BCUT2D eigenvalue weighted by Gasteiger charge is -2.26. The van der Waals surface area contributed by atoms with Crippen LogP contribution in [-0.4, -0.2) is 49.4 Å². The van der Waals surface area contributed by atoms with Crippen LogP contribution in [0.5, 0.6) is 5.75 Å². The number of likely N-dealkylation sites (tertiary alicyclic amines) is 1. The van der Waals surface area contributed by atoms with Crippen LogP contribution in [0.3, 0.4) is 0 Å². The van der Waals surface area contributed by atoms with E-state index in [1.807, 2.05) is 11.8 Å². The SMILES string of the molecule is CNC(=O)c1ccc(NC(=O)c2ccc(OCC(=O)N3CCCCC3)cc2)c(C)c1. The second-order valence-electron chi connectivity index (χ2n) is 7.32. The van der Waals surface area contributed by atoms with Gasteiger partial charge in [-0.2, -0.15) is 0 Å². The summed E-state index contributed by atoms with van der Waals surface area (Å²) in [6.45, 7) is 3.43. The maximum Gasteiger partial charge on any atom is 0.260 e. The predicted octanol–water partition coefficient (Wildman–Crippen LogP) is 3.00. The Balaban J connectivity index is 1.56. The normalized spacial score (nSPS) is 13.5. The van der Waals surface area contributed by atoms with Crippen LogP contribution in [0.1, 0.15) is 45.5 Å². The number of nitrogens with one attached hydrogen (secondary N) is 2. The van der Waals surface area contributed by atoms with Crippen LogP contribution in [0.25, 0.3) is 0 Å². The fraction of sp³-hybridized carbons (Fsp3) is 0.348. The molecular formula is C23H27N3O4. The quantitative estimate of drug-likeness (QED) is 0.768. The van der Waals surface area contributed by atoms with E-state index in [0.29, 0.717) is 22.6 Å². The monoisotopic (exact) mass is 409 g/mol. The summed E-state index contributed by atoms with van der Waals surface area (Å²) in [6, 6.07) is 11.8. The second-order valence-corrected chi connectivity index (χ2v) is 7.32. The molecule has 7 nitrogen and oxygen atoms in total. The van der Waals surface area contributed by atoms with Gasteiger partial charge in [-0.05, 0) is 74.2 Å². The molecule has 30 heavy (non-hydrogen) atoms. The Kier molecular flexibility index (Phi) is 7.06. The minimum atomic E-state index is -0.262. The van der Waals surface area contributed by atoms with E-state index in [9.17, 15) is 14.4 Å². The number of aryl methyl sites for hydroxylation is 1. The summed E-state index contributed by atoms with van der Waals surface area (Å²) in [5.41, 5.74) is 2.44. The highest BCUT2D eigenvalue weighted by molar-refractivity contribution is 6.05. The fourth-order valence-corrected chi connectivity index (χ4v) is 3.37. The lowest BCUT2D eigenvalue weighted by molar-refractivity contribution is -0.134. The molecule has 0 spiro atoms. The Hall–Kier alpha value is -3.35. The number of hydrogen-bond acceptors (Lipinski definition) is 4. The third-order valence-electron chi connectivity index (χ3n) is 5.15. The van der Waals surface area contributed by atoms with E-state index in [0.717, 1.165) is 31.5 Å². The molecule has 0 radical (unpaired) electrons. The standard InChI is InChI=1S/C23H27N3O4/c1-16-14-18(22(28)24-2)8-11-20(16)25-23(29)17-6-9-19(10-7-17)30-15-21(27)26-12-4-3-5-13-26/h6-11,14H,3-5,12-13,15H2,1-2H3,(H,24,28)(H,25,29). The summed E-state index contributed by atoms with van der Waals surface area (Å²) in [5, 5.41) is 5.42. The molecule has 2 N–H and O–H groups in total. The van der Waals surface area contributed by atoms with E-state index in [4.69, 9.17) is 4.74 Å². The number of carbonyl (C=O) groups is 3. The molecule has 1 aliphatic rings. The molecule has 1 aliphatic heterocycles. The number of hydrogen-bond donors (Lipinski definition) is 2. The van der Waals surface area contributed by atoms with Gasteiger partial charge in [0.25, 0.3) is 17.7 Å². The van der Waals surface area contributed by atoms with Crippen molar-refractivity contribution >= 4 is 23.4 Å². The van der Waals surface area contributed by atoms with E-state index in [-0.39, 0.29) is 24.3 Å². The summed E-state index contributed by atoms with van der Waals surface area (Å²) in [7, 11) is 1.57. The van der Waals surface area contributed by atoms with Crippen LogP contribution >= 0.6 is 0 Å². The maximum atomic E-state index is 12.5. The van der Waals surface area contributed by atoms with Gasteiger partial charge in [-0.15, -0.1) is 0 Å². The van der Waals surface area contributed by atoms with Gasteiger partial charge in [-0.1, -0.05) is 0 Å². The number of amides is 3. The lowest BCUT2D eigenvalue weighted by Crippen LogP contribution is -2.38. The van der Waals surface area contributed by atoms with Crippen molar-refractivity contribution in [2.75, 3.05) is 32.1 Å². The third kappa shape index (κ3) is 5.37. The van der Waals surface area contributed by atoms with Crippen LogP contribution in [0, 0.1) is 6.92 Å². The van der Waals surface area contributed by atoms with Gasteiger partial charge in [0.2, 0.25) is 0 Å². The zero-order chi connectivity index (χ0) is 21.5. The highest BCUT2D eigenvalue weighted by Gasteiger charge is 2.17. The number of rotatable bonds is 6. The highest BCUT2D eigenvalue weighted by atomic mass is 16.5. The molecule has 0 bridgehead atoms. The molecule has 0 unspecified atom stereocenters. The number of benzene rings is 2. The van der Waals surface area contributed by atoms with E-state index < -0.39 is 0 Å². The lowest BCUT2D eigenvalue weighted by atomic mass is 10.1. The Morgan fingerprint density at radius 2 is 1.60 bits per heavy atom. The molecule has 3 rings (SSSR count). The average molecular weight is 409 g/mol. The Labute approximate surface area is 176 Å². The van der Waals surface area contributed by atoms with E-state index >= 15 is 0 Å². The van der Waals surface area contributed by atoms with Crippen LogP contribution in [-0.2, 0) is 4.79 Å². The van der Waals surface area contributed by atoms with Gasteiger partial charge >= 0.3 is 0 Å². The van der Waals surface area contributed by atoms with Gasteiger partial charge in [-0.25, -0.2) is 0 Å². The number of carbonyl (C=O) groups excluding carboxylic acids is 3. The minimum absolute atomic E-state index is 0.00240.